The molecule has 0 spiro atoms. The quantitative estimate of drug-likeness (QED) is 0.570. The normalized spacial score (nSPS) is 19.0. The Labute approximate surface area is 174 Å². The average Bonchev–Trinajstić information content (AvgIpc) is 3.23. The van der Waals surface area contributed by atoms with Crippen molar-refractivity contribution >= 4 is 5.96 Å². The van der Waals surface area contributed by atoms with Crippen molar-refractivity contribution in [2.45, 2.75) is 32.7 Å². The number of benzene rings is 1. The van der Waals surface area contributed by atoms with Gasteiger partial charge in [0.2, 0.25) is 0 Å². The van der Waals surface area contributed by atoms with E-state index < -0.39 is 17.8 Å². The van der Waals surface area contributed by atoms with E-state index >= 15 is 0 Å². The number of morpholine rings is 1. The molecule has 2 atom stereocenters. The van der Waals surface area contributed by atoms with E-state index in [1.165, 1.54) is 12.1 Å². The second kappa shape index (κ2) is 9.97. The van der Waals surface area contributed by atoms with E-state index in [-0.39, 0.29) is 0 Å². The van der Waals surface area contributed by atoms with Crippen LogP contribution >= 0.6 is 0 Å². The summed E-state index contributed by atoms with van der Waals surface area (Å²) >= 11 is 0. The summed E-state index contributed by atoms with van der Waals surface area (Å²) in [6.45, 7) is 7.70. The van der Waals surface area contributed by atoms with Crippen molar-refractivity contribution in [2.24, 2.45) is 10.9 Å². The van der Waals surface area contributed by atoms with Crippen molar-refractivity contribution in [3.63, 3.8) is 0 Å². The summed E-state index contributed by atoms with van der Waals surface area (Å²) in [6, 6.07) is 7.25. The highest BCUT2D eigenvalue weighted by Gasteiger charge is 2.32. The molecule has 1 saturated heterocycles. The minimum Gasteiger partial charge on any atom is -0.370 e. The molecule has 1 aliphatic rings. The molecule has 6 nitrogen and oxygen atoms in total. The molecule has 1 N–H and O–H groups in total. The van der Waals surface area contributed by atoms with Crippen LogP contribution in [-0.2, 0) is 17.5 Å². The van der Waals surface area contributed by atoms with Crippen LogP contribution in [0.2, 0.25) is 0 Å². The fourth-order valence-electron chi connectivity index (χ4n) is 3.41. The number of hydrogen-bond acceptors (Lipinski definition) is 3. The molecule has 1 fully saturated rings. The van der Waals surface area contributed by atoms with Crippen LogP contribution in [0.3, 0.4) is 0 Å². The zero-order valence-electron chi connectivity index (χ0n) is 17.3. The molecule has 1 aromatic carbocycles. The molecule has 0 radical (unpaired) electrons. The fourth-order valence-corrected chi connectivity index (χ4v) is 3.41. The smallest absolute Gasteiger partial charge is 0.370 e. The summed E-state index contributed by atoms with van der Waals surface area (Å²) in [4.78, 5) is 6.81. The lowest BCUT2D eigenvalue weighted by atomic mass is 10.0. The van der Waals surface area contributed by atoms with E-state index in [4.69, 9.17) is 9.73 Å². The molecule has 0 amide bonds. The fraction of sp³-hybridized carbons (Fsp3) is 0.524. The first-order valence-corrected chi connectivity index (χ1v) is 10.2. The first-order valence-electron chi connectivity index (χ1n) is 10.2. The third kappa shape index (κ3) is 5.98. The number of halogens is 3. The third-order valence-electron chi connectivity index (χ3n) is 4.90. The maximum atomic E-state index is 13.1. The molecular formula is C21H28F3N5O. The van der Waals surface area contributed by atoms with Crippen LogP contribution in [0.15, 0.2) is 47.7 Å². The van der Waals surface area contributed by atoms with Gasteiger partial charge >= 0.3 is 6.18 Å². The van der Waals surface area contributed by atoms with Crippen LogP contribution in [0.4, 0.5) is 13.2 Å². The van der Waals surface area contributed by atoms with Gasteiger partial charge in [-0.25, -0.2) is 0 Å². The van der Waals surface area contributed by atoms with Gasteiger partial charge in [-0.2, -0.15) is 18.3 Å². The Hall–Kier alpha value is -2.55. The summed E-state index contributed by atoms with van der Waals surface area (Å²) in [6.07, 6.45) is -1.13. The largest absolute Gasteiger partial charge is 0.416 e. The number of guanidine groups is 1. The Bertz CT molecular complexity index is 822. The van der Waals surface area contributed by atoms with Crippen molar-refractivity contribution in [3.8, 4) is 0 Å². The second-order valence-corrected chi connectivity index (χ2v) is 7.46. The van der Waals surface area contributed by atoms with Gasteiger partial charge < -0.3 is 15.0 Å². The lowest BCUT2D eigenvalue weighted by Gasteiger charge is -2.35. The van der Waals surface area contributed by atoms with Gasteiger partial charge in [-0.1, -0.05) is 19.1 Å². The van der Waals surface area contributed by atoms with E-state index in [9.17, 15) is 13.2 Å². The number of aromatic nitrogens is 2. The average molecular weight is 423 g/mol. The van der Waals surface area contributed by atoms with Crippen molar-refractivity contribution in [1.29, 1.82) is 0 Å². The van der Waals surface area contributed by atoms with Gasteiger partial charge in [-0.05, 0) is 36.6 Å². The Balaban J connectivity index is 1.68. The van der Waals surface area contributed by atoms with Crippen molar-refractivity contribution in [1.82, 2.24) is 20.0 Å². The molecule has 3 rings (SSSR count). The molecule has 0 bridgehead atoms. The molecule has 1 aliphatic heterocycles. The monoisotopic (exact) mass is 423 g/mol. The van der Waals surface area contributed by atoms with Gasteiger partial charge in [0.1, 0.15) is 6.10 Å². The maximum Gasteiger partial charge on any atom is 0.416 e. The van der Waals surface area contributed by atoms with E-state index in [0.29, 0.717) is 44.3 Å². The van der Waals surface area contributed by atoms with Gasteiger partial charge in [-0.3, -0.25) is 9.67 Å². The molecular weight excluding hydrogens is 395 g/mol. The molecule has 164 valence electrons. The molecule has 0 saturated carbocycles. The molecule has 2 unspecified atom stereocenters. The van der Waals surface area contributed by atoms with E-state index in [0.717, 1.165) is 18.6 Å². The molecule has 1 aromatic heterocycles. The van der Waals surface area contributed by atoms with E-state index in [1.54, 1.807) is 12.3 Å². The predicted octanol–water partition coefficient (Wildman–Crippen LogP) is 3.58. The van der Waals surface area contributed by atoms with Crippen molar-refractivity contribution in [3.05, 3.63) is 53.9 Å². The van der Waals surface area contributed by atoms with E-state index in [1.807, 2.05) is 23.9 Å². The zero-order valence-corrected chi connectivity index (χ0v) is 17.3. The Morgan fingerprint density at radius 2 is 2.20 bits per heavy atom. The summed E-state index contributed by atoms with van der Waals surface area (Å²) in [7, 11) is 0. The SMILES string of the molecule is CCNC(=NCC(C)Cn1cccn1)N1CCOC(c2cccc(C(F)(F)F)c2)C1. The number of aliphatic imine (C=N–C) groups is 1. The molecule has 30 heavy (non-hydrogen) atoms. The molecule has 2 heterocycles. The number of alkyl halides is 3. The van der Waals surface area contributed by atoms with Gasteiger partial charge in [0.15, 0.2) is 5.96 Å². The summed E-state index contributed by atoms with van der Waals surface area (Å²) in [5.41, 5.74) is -0.133. The summed E-state index contributed by atoms with van der Waals surface area (Å²) in [5, 5.41) is 7.52. The van der Waals surface area contributed by atoms with Gasteiger partial charge in [0, 0.05) is 38.6 Å². The zero-order chi connectivity index (χ0) is 21.6. The number of rotatable bonds is 6. The van der Waals surface area contributed by atoms with Crippen molar-refractivity contribution in [2.75, 3.05) is 32.8 Å². The molecule has 0 aliphatic carbocycles. The summed E-state index contributed by atoms with van der Waals surface area (Å²) < 4.78 is 46.9. The number of hydrogen-bond donors (Lipinski definition) is 1. The second-order valence-electron chi connectivity index (χ2n) is 7.46. The minimum atomic E-state index is -4.37. The van der Waals surface area contributed by atoms with Gasteiger partial charge in [-0.15, -0.1) is 0 Å². The molecule has 9 heteroatoms. The van der Waals surface area contributed by atoms with Crippen LogP contribution in [0, 0.1) is 5.92 Å². The van der Waals surface area contributed by atoms with Crippen LogP contribution in [0.25, 0.3) is 0 Å². The standard InChI is InChI=1S/C21H28F3N5O/c1-3-25-20(26-13-16(2)14-29-9-5-8-27-29)28-10-11-30-19(15-28)17-6-4-7-18(12-17)21(22,23)24/h4-9,12,16,19H,3,10-11,13-15H2,1-2H3,(H,25,26). The van der Waals surface area contributed by atoms with Crippen LogP contribution in [0.5, 0.6) is 0 Å². The lowest BCUT2D eigenvalue weighted by Crippen LogP contribution is -2.48. The van der Waals surface area contributed by atoms with Gasteiger partial charge in [0.05, 0.1) is 18.7 Å². The summed E-state index contributed by atoms with van der Waals surface area (Å²) in [5.74, 6) is 1.05. The highest BCUT2D eigenvalue weighted by molar-refractivity contribution is 5.80. The van der Waals surface area contributed by atoms with Crippen molar-refractivity contribution < 1.29 is 17.9 Å². The first-order chi connectivity index (χ1) is 14.4. The Morgan fingerprint density at radius 3 is 2.90 bits per heavy atom. The highest BCUT2D eigenvalue weighted by Crippen LogP contribution is 2.32. The Morgan fingerprint density at radius 1 is 1.37 bits per heavy atom. The highest BCUT2D eigenvalue weighted by atomic mass is 19.4. The topological polar surface area (TPSA) is 54.7 Å². The first kappa shape index (κ1) is 22.1. The van der Waals surface area contributed by atoms with Crippen LogP contribution in [-0.4, -0.2) is 53.4 Å². The minimum absolute atomic E-state index is 0.291. The predicted molar refractivity (Wildman–Crippen MR) is 109 cm³/mol. The number of ether oxygens (including phenoxy) is 1. The van der Waals surface area contributed by atoms with E-state index in [2.05, 4.69) is 22.2 Å². The number of nitrogens with one attached hydrogen (secondary N) is 1. The lowest BCUT2D eigenvalue weighted by molar-refractivity contribution is -0.137. The van der Waals surface area contributed by atoms with Crippen LogP contribution in [0.1, 0.15) is 31.1 Å². The van der Waals surface area contributed by atoms with Crippen LogP contribution < -0.4 is 5.32 Å². The maximum absolute atomic E-state index is 13.1. The molecule has 2 aromatic rings. The van der Waals surface area contributed by atoms with Gasteiger partial charge in [0.25, 0.3) is 0 Å². The third-order valence-corrected chi connectivity index (χ3v) is 4.90. The number of nitrogens with zero attached hydrogens (tertiary/aromatic N) is 4. The Kier molecular flexibility index (Phi) is 7.36.